The molecule has 108 valence electrons. The van der Waals surface area contributed by atoms with Crippen LogP contribution in [0.5, 0.6) is 0 Å². The van der Waals surface area contributed by atoms with Gasteiger partial charge in [-0.2, -0.15) is 0 Å². The average Bonchev–Trinajstić information content (AvgIpc) is 2.95. The Labute approximate surface area is 116 Å². The van der Waals surface area contributed by atoms with Gasteiger partial charge in [-0.1, -0.05) is 6.08 Å². The molecule has 2 fully saturated rings. The van der Waals surface area contributed by atoms with Crippen LogP contribution in [0, 0.1) is 5.92 Å². The van der Waals surface area contributed by atoms with Crippen molar-refractivity contribution in [1.29, 1.82) is 0 Å². The molecular formula is C15H27N3O. The molecule has 0 atom stereocenters. The lowest BCUT2D eigenvalue weighted by Gasteiger charge is -2.54. The largest absolute Gasteiger partial charge is 0.328 e. The quantitative estimate of drug-likeness (QED) is 0.806. The van der Waals surface area contributed by atoms with Gasteiger partial charge in [0, 0.05) is 23.3 Å². The summed E-state index contributed by atoms with van der Waals surface area (Å²) >= 11 is 0. The summed E-state index contributed by atoms with van der Waals surface area (Å²) in [5, 5.41) is 2.92. The third-order valence-corrected chi connectivity index (χ3v) is 4.13. The maximum atomic E-state index is 12.5. The van der Waals surface area contributed by atoms with Gasteiger partial charge < -0.3 is 16.0 Å². The zero-order valence-corrected chi connectivity index (χ0v) is 12.6. The van der Waals surface area contributed by atoms with Gasteiger partial charge in [0.15, 0.2) is 0 Å². The van der Waals surface area contributed by atoms with E-state index in [-0.39, 0.29) is 23.2 Å². The van der Waals surface area contributed by atoms with Gasteiger partial charge in [0.2, 0.25) is 0 Å². The van der Waals surface area contributed by atoms with E-state index < -0.39 is 0 Å². The van der Waals surface area contributed by atoms with Crippen molar-refractivity contribution in [1.82, 2.24) is 10.2 Å². The highest BCUT2D eigenvalue weighted by molar-refractivity contribution is 5.77. The van der Waals surface area contributed by atoms with Crippen LogP contribution in [-0.2, 0) is 0 Å². The molecule has 19 heavy (non-hydrogen) atoms. The second-order valence-electron chi connectivity index (χ2n) is 7.27. The summed E-state index contributed by atoms with van der Waals surface area (Å²) in [6, 6.07) is 0.148. The molecule has 1 aliphatic carbocycles. The number of hydrogen-bond donors (Lipinski definition) is 2. The fourth-order valence-corrected chi connectivity index (χ4v) is 3.52. The second-order valence-corrected chi connectivity index (χ2v) is 7.27. The van der Waals surface area contributed by atoms with Crippen molar-refractivity contribution in [2.45, 2.75) is 70.5 Å². The maximum Gasteiger partial charge on any atom is 0.322 e. The predicted molar refractivity (Wildman–Crippen MR) is 77.6 cm³/mol. The van der Waals surface area contributed by atoms with E-state index in [0.717, 1.165) is 12.8 Å². The number of rotatable bonds is 2. The highest BCUT2D eigenvalue weighted by Gasteiger charge is 2.46. The molecule has 1 aliphatic heterocycles. The number of allylic oxidation sites excluding steroid dienone is 1. The second kappa shape index (κ2) is 4.82. The third kappa shape index (κ3) is 3.30. The van der Waals surface area contributed by atoms with Crippen molar-refractivity contribution in [3.05, 3.63) is 12.3 Å². The van der Waals surface area contributed by atoms with E-state index in [2.05, 4.69) is 39.1 Å². The monoisotopic (exact) mass is 265 g/mol. The number of likely N-dealkylation sites (tertiary alicyclic amines) is 1. The van der Waals surface area contributed by atoms with Crippen LogP contribution in [0.15, 0.2) is 12.3 Å². The Kier molecular flexibility index (Phi) is 3.65. The first kappa shape index (κ1) is 14.4. The lowest BCUT2D eigenvalue weighted by Crippen LogP contribution is -2.66. The number of carbonyl (C=O) groups excluding carboxylic acids is 1. The molecule has 4 nitrogen and oxygen atoms in total. The standard InChI is InChI=1S/C15H27N3O/c1-14(2)9-12(16)10-15(3,4)18(14)13(19)17-8-7-11-5-6-11/h7-8,11-12H,5-6,9-10,16H2,1-4H3,(H,17,19)/b8-7+. The van der Waals surface area contributed by atoms with E-state index in [9.17, 15) is 4.79 Å². The zero-order valence-electron chi connectivity index (χ0n) is 12.6. The maximum absolute atomic E-state index is 12.5. The Hall–Kier alpha value is -1.03. The summed E-state index contributed by atoms with van der Waals surface area (Å²) in [4.78, 5) is 14.4. The molecule has 2 amide bonds. The molecule has 0 aromatic heterocycles. The van der Waals surface area contributed by atoms with Gasteiger partial charge in [-0.3, -0.25) is 0 Å². The van der Waals surface area contributed by atoms with E-state index in [1.807, 2.05) is 4.90 Å². The minimum Gasteiger partial charge on any atom is -0.328 e. The van der Waals surface area contributed by atoms with E-state index in [0.29, 0.717) is 5.92 Å². The number of piperidine rings is 1. The van der Waals surface area contributed by atoms with Crippen LogP contribution in [0.3, 0.4) is 0 Å². The first-order valence-corrected chi connectivity index (χ1v) is 7.25. The van der Waals surface area contributed by atoms with Crippen LogP contribution in [0.25, 0.3) is 0 Å². The fraction of sp³-hybridized carbons (Fsp3) is 0.800. The molecule has 4 heteroatoms. The van der Waals surface area contributed by atoms with Crippen molar-refractivity contribution in [3.63, 3.8) is 0 Å². The summed E-state index contributed by atoms with van der Waals surface area (Å²) in [5.41, 5.74) is 5.70. The SMILES string of the molecule is CC1(C)CC(N)CC(C)(C)N1C(=O)N/C=C/C1CC1. The number of hydrogen-bond acceptors (Lipinski definition) is 2. The predicted octanol–water partition coefficient (Wildman–Crippen LogP) is 2.60. The van der Waals surface area contributed by atoms with Crippen LogP contribution in [0.4, 0.5) is 4.79 Å². The summed E-state index contributed by atoms with van der Waals surface area (Å²) in [6.45, 7) is 8.38. The van der Waals surface area contributed by atoms with Gasteiger partial charge in [0.1, 0.15) is 0 Å². The number of amides is 2. The number of nitrogens with one attached hydrogen (secondary N) is 1. The first-order valence-electron chi connectivity index (χ1n) is 7.25. The summed E-state index contributed by atoms with van der Waals surface area (Å²) in [5.74, 6) is 0.677. The molecular weight excluding hydrogens is 238 g/mol. The van der Waals surface area contributed by atoms with Crippen molar-refractivity contribution in [2.75, 3.05) is 0 Å². The molecule has 2 rings (SSSR count). The lowest BCUT2D eigenvalue weighted by molar-refractivity contribution is 0.00441. The topological polar surface area (TPSA) is 58.4 Å². The van der Waals surface area contributed by atoms with Gasteiger partial charge in [0.05, 0.1) is 0 Å². The molecule has 1 saturated heterocycles. The van der Waals surface area contributed by atoms with Gasteiger partial charge in [-0.05, 0) is 59.3 Å². The Morgan fingerprint density at radius 1 is 1.21 bits per heavy atom. The van der Waals surface area contributed by atoms with Crippen LogP contribution in [0.1, 0.15) is 53.4 Å². The molecule has 0 aromatic rings. The van der Waals surface area contributed by atoms with E-state index in [1.165, 1.54) is 12.8 Å². The van der Waals surface area contributed by atoms with Gasteiger partial charge >= 0.3 is 6.03 Å². The molecule has 0 spiro atoms. The van der Waals surface area contributed by atoms with Crippen LogP contribution < -0.4 is 11.1 Å². The van der Waals surface area contributed by atoms with Crippen molar-refractivity contribution < 1.29 is 4.79 Å². The summed E-state index contributed by atoms with van der Waals surface area (Å²) in [6.07, 6.45) is 8.09. The molecule has 0 aromatic carbocycles. The Balaban J connectivity index is 2.07. The van der Waals surface area contributed by atoms with Crippen LogP contribution in [-0.4, -0.2) is 28.1 Å². The molecule has 3 N–H and O–H groups in total. The molecule has 0 unspecified atom stereocenters. The Morgan fingerprint density at radius 3 is 2.21 bits per heavy atom. The van der Waals surface area contributed by atoms with Crippen molar-refractivity contribution >= 4 is 6.03 Å². The molecule has 0 bridgehead atoms. The Bertz CT molecular complexity index is 365. The molecule has 2 aliphatic rings. The lowest BCUT2D eigenvalue weighted by atomic mass is 9.77. The minimum atomic E-state index is -0.210. The number of urea groups is 1. The normalized spacial score (nSPS) is 26.7. The molecule has 1 heterocycles. The van der Waals surface area contributed by atoms with E-state index in [1.54, 1.807) is 6.20 Å². The van der Waals surface area contributed by atoms with Crippen LogP contribution in [0.2, 0.25) is 0 Å². The minimum absolute atomic E-state index is 0.0150. The number of nitrogens with zero attached hydrogens (tertiary/aromatic N) is 1. The highest BCUT2D eigenvalue weighted by atomic mass is 16.2. The van der Waals surface area contributed by atoms with Gasteiger partial charge in [0.25, 0.3) is 0 Å². The van der Waals surface area contributed by atoms with Gasteiger partial charge in [-0.25, -0.2) is 4.79 Å². The molecule has 1 saturated carbocycles. The summed E-state index contributed by atoms with van der Waals surface area (Å²) in [7, 11) is 0. The number of carbonyl (C=O) groups is 1. The Morgan fingerprint density at radius 2 is 1.74 bits per heavy atom. The number of nitrogens with two attached hydrogens (primary N) is 1. The molecule has 0 radical (unpaired) electrons. The summed E-state index contributed by atoms with van der Waals surface area (Å²) < 4.78 is 0. The van der Waals surface area contributed by atoms with Crippen molar-refractivity contribution in [2.24, 2.45) is 11.7 Å². The van der Waals surface area contributed by atoms with Crippen molar-refractivity contribution in [3.8, 4) is 0 Å². The average molecular weight is 265 g/mol. The van der Waals surface area contributed by atoms with Gasteiger partial charge in [-0.15, -0.1) is 0 Å². The van der Waals surface area contributed by atoms with E-state index in [4.69, 9.17) is 5.73 Å². The third-order valence-electron chi connectivity index (χ3n) is 4.13. The van der Waals surface area contributed by atoms with Crippen LogP contribution >= 0.6 is 0 Å². The smallest absolute Gasteiger partial charge is 0.322 e. The zero-order chi connectivity index (χ0) is 14.3. The van der Waals surface area contributed by atoms with E-state index >= 15 is 0 Å². The first-order chi connectivity index (χ1) is 8.72. The highest BCUT2D eigenvalue weighted by Crippen LogP contribution is 2.37. The fourth-order valence-electron chi connectivity index (χ4n) is 3.52.